The second kappa shape index (κ2) is 8.16. The monoisotopic (exact) mass is 402 g/mol. The molecule has 2 saturated heterocycles. The van der Waals surface area contributed by atoms with Gasteiger partial charge in [0.05, 0.1) is 19.0 Å². The number of nitrogens with zero attached hydrogens (tertiary/aromatic N) is 6. The van der Waals surface area contributed by atoms with Crippen molar-refractivity contribution in [2.75, 3.05) is 38.2 Å². The molecular formula is C21H34N6O2. The standard InChI is InChI=1S/C21H34N6O2/c1-15(2)11-27(17-5-8-25(4)9-6-17)20-18-19(22-13-23-20)26(14-24-18)12-21(28)7-10-29-16(21)3/h13-17,28H,5-12H2,1-4H3. The molecule has 2 fully saturated rings. The lowest BCUT2D eigenvalue weighted by molar-refractivity contribution is -0.0382. The lowest BCUT2D eigenvalue weighted by Gasteiger charge is -2.39. The van der Waals surface area contributed by atoms with Gasteiger partial charge in [0.15, 0.2) is 17.0 Å². The summed E-state index contributed by atoms with van der Waals surface area (Å²) in [6.07, 6.45) is 6.11. The van der Waals surface area contributed by atoms with Gasteiger partial charge in [-0.3, -0.25) is 0 Å². The van der Waals surface area contributed by atoms with Crippen LogP contribution in [-0.4, -0.2) is 80.6 Å². The molecule has 0 aromatic carbocycles. The van der Waals surface area contributed by atoms with Crippen LogP contribution in [0, 0.1) is 5.92 Å². The largest absolute Gasteiger partial charge is 0.385 e. The third-order valence-corrected chi connectivity index (χ3v) is 6.45. The van der Waals surface area contributed by atoms with Crippen LogP contribution in [-0.2, 0) is 11.3 Å². The molecule has 2 aromatic rings. The van der Waals surface area contributed by atoms with Crippen molar-refractivity contribution in [1.82, 2.24) is 24.4 Å². The normalized spacial score (nSPS) is 26.6. The minimum absolute atomic E-state index is 0.196. The first kappa shape index (κ1) is 20.5. The number of imidazole rings is 1. The number of aliphatic hydroxyl groups is 1. The number of hydrogen-bond donors (Lipinski definition) is 1. The number of likely N-dealkylation sites (tertiary alicyclic amines) is 1. The van der Waals surface area contributed by atoms with Gasteiger partial charge >= 0.3 is 0 Å². The van der Waals surface area contributed by atoms with E-state index < -0.39 is 5.60 Å². The van der Waals surface area contributed by atoms with E-state index in [2.05, 4.69) is 45.6 Å². The quantitative estimate of drug-likeness (QED) is 0.791. The Balaban J connectivity index is 1.66. The van der Waals surface area contributed by atoms with Crippen molar-refractivity contribution < 1.29 is 9.84 Å². The van der Waals surface area contributed by atoms with Gasteiger partial charge in [-0.15, -0.1) is 0 Å². The topological polar surface area (TPSA) is 79.5 Å². The second-order valence-electron chi connectivity index (χ2n) is 9.19. The average molecular weight is 403 g/mol. The average Bonchev–Trinajstić information content (AvgIpc) is 3.24. The van der Waals surface area contributed by atoms with Gasteiger partial charge in [0.1, 0.15) is 11.9 Å². The predicted molar refractivity (Wildman–Crippen MR) is 113 cm³/mol. The zero-order valence-electron chi connectivity index (χ0n) is 18.1. The van der Waals surface area contributed by atoms with E-state index in [-0.39, 0.29) is 6.10 Å². The molecule has 1 N–H and O–H groups in total. The number of rotatable bonds is 6. The van der Waals surface area contributed by atoms with Crippen molar-refractivity contribution in [2.24, 2.45) is 5.92 Å². The van der Waals surface area contributed by atoms with Gasteiger partial charge in [0, 0.05) is 25.6 Å². The summed E-state index contributed by atoms with van der Waals surface area (Å²) >= 11 is 0. The zero-order valence-corrected chi connectivity index (χ0v) is 18.1. The lowest BCUT2D eigenvalue weighted by Crippen LogP contribution is -2.45. The van der Waals surface area contributed by atoms with Gasteiger partial charge < -0.3 is 24.2 Å². The smallest absolute Gasteiger partial charge is 0.165 e. The predicted octanol–water partition coefficient (Wildman–Crippen LogP) is 1.92. The number of piperidine rings is 1. The fourth-order valence-corrected chi connectivity index (χ4v) is 4.58. The van der Waals surface area contributed by atoms with Crippen LogP contribution in [0.25, 0.3) is 11.2 Å². The summed E-state index contributed by atoms with van der Waals surface area (Å²) in [6.45, 7) is 10.6. The number of anilines is 1. The highest BCUT2D eigenvalue weighted by Gasteiger charge is 2.40. The molecule has 2 aliphatic rings. The van der Waals surface area contributed by atoms with Crippen LogP contribution in [0.1, 0.15) is 40.0 Å². The molecule has 0 radical (unpaired) electrons. The van der Waals surface area contributed by atoms with Crippen LogP contribution in [0.15, 0.2) is 12.7 Å². The Labute approximate surface area is 172 Å². The fourth-order valence-electron chi connectivity index (χ4n) is 4.58. The van der Waals surface area contributed by atoms with Gasteiger partial charge in [-0.2, -0.15) is 0 Å². The molecular weight excluding hydrogens is 368 g/mol. The van der Waals surface area contributed by atoms with Crippen LogP contribution in [0.2, 0.25) is 0 Å². The van der Waals surface area contributed by atoms with Crippen molar-refractivity contribution in [2.45, 2.75) is 64.3 Å². The van der Waals surface area contributed by atoms with E-state index in [9.17, 15) is 5.11 Å². The van der Waals surface area contributed by atoms with Gasteiger partial charge in [0.25, 0.3) is 0 Å². The molecule has 8 heteroatoms. The first-order chi connectivity index (χ1) is 13.9. The van der Waals surface area contributed by atoms with Gasteiger partial charge in [0.2, 0.25) is 0 Å². The molecule has 0 spiro atoms. The Morgan fingerprint density at radius 2 is 2.03 bits per heavy atom. The number of fused-ring (bicyclic) bond motifs is 1. The summed E-state index contributed by atoms with van der Waals surface area (Å²) in [4.78, 5) is 18.7. The van der Waals surface area contributed by atoms with Gasteiger partial charge in [-0.1, -0.05) is 13.8 Å². The highest BCUT2D eigenvalue weighted by molar-refractivity contribution is 5.83. The molecule has 4 heterocycles. The maximum absolute atomic E-state index is 11.0. The number of hydrogen-bond acceptors (Lipinski definition) is 7. The minimum Gasteiger partial charge on any atom is -0.385 e. The number of aromatic nitrogens is 4. The second-order valence-corrected chi connectivity index (χ2v) is 9.19. The summed E-state index contributed by atoms with van der Waals surface area (Å²) < 4.78 is 7.55. The molecule has 4 rings (SSSR count). The summed E-state index contributed by atoms with van der Waals surface area (Å²) in [6, 6.07) is 0.462. The first-order valence-corrected chi connectivity index (χ1v) is 10.8. The van der Waals surface area contributed by atoms with E-state index in [0.29, 0.717) is 31.5 Å². The minimum atomic E-state index is -0.885. The van der Waals surface area contributed by atoms with E-state index in [1.807, 2.05) is 11.5 Å². The van der Waals surface area contributed by atoms with Crippen molar-refractivity contribution in [3.63, 3.8) is 0 Å². The molecule has 2 aromatic heterocycles. The summed E-state index contributed by atoms with van der Waals surface area (Å²) in [5.74, 6) is 1.44. The molecule has 0 amide bonds. The van der Waals surface area contributed by atoms with Crippen molar-refractivity contribution in [1.29, 1.82) is 0 Å². The van der Waals surface area contributed by atoms with E-state index in [4.69, 9.17) is 4.74 Å². The first-order valence-electron chi connectivity index (χ1n) is 10.8. The maximum Gasteiger partial charge on any atom is 0.165 e. The van der Waals surface area contributed by atoms with Crippen LogP contribution in [0.3, 0.4) is 0 Å². The Morgan fingerprint density at radius 3 is 2.69 bits per heavy atom. The molecule has 0 aliphatic carbocycles. The van der Waals surface area contributed by atoms with Crippen molar-refractivity contribution in [3.8, 4) is 0 Å². The van der Waals surface area contributed by atoms with Crippen LogP contribution < -0.4 is 4.90 Å². The van der Waals surface area contributed by atoms with E-state index in [1.165, 1.54) is 0 Å². The van der Waals surface area contributed by atoms with Crippen LogP contribution in [0.4, 0.5) is 5.82 Å². The highest BCUT2D eigenvalue weighted by atomic mass is 16.5. The van der Waals surface area contributed by atoms with E-state index in [1.54, 1.807) is 12.7 Å². The summed E-state index contributed by atoms with van der Waals surface area (Å²) in [5, 5.41) is 11.0. The third-order valence-electron chi connectivity index (χ3n) is 6.45. The third kappa shape index (κ3) is 4.11. The molecule has 2 unspecified atom stereocenters. The summed E-state index contributed by atoms with van der Waals surface area (Å²) in [5.41, 5.74) is 0.719. The molecule has 2 aliphatic heterocycles. The van der Waals surface area contributed by atoms with Crippen LogP contribution >= 0.6 is 0 Å². The van der Waals surface area contributed by atoms with E-state index in [0.717, 1.165) is 49.5 Å². The van der Waals surface area contributed by atoms with Crippen LogP contribution in [0.5, 0.6) is 0 Å². The molecule has 0 bridgehead atoms. The summed E-state index contributed by atoms with van der Waals surface area (Å²) in [7, 11) is 2.19. The van der Waals surface area contributed by atoms with Crippen molar-refractivity contribution in [3.05, 3.63) is 12.7 Å². The Hall–Kier alpha value is -1.77. The molecule has 2 atom stereocenters. The highest BCUT2D eigenvalue weighted by Crippen LogP contribution is 2.31. The zero-order chi connectivity index (χ0) is 20.6. The Bertz CT molecular complexity index is 832. The maximum atomic E-state index is 11.0. The Morgan fingerprint density at radius 1 is 1.28 bits per heavy atom. The SMILES string of the molecule is CC(C)CN(c1ncnc2c1ncn2CC1(O)CCOC1C)C1CCN(C)CC1. The lowest BCUT2D eigenvalue weighted by atomic mass is 9.97. The van der Waals surface area contributed by atoms with E-state index >= 15 is 0 Å². The molecule has 160 valence electrons. The van der Waals surface area contributed by atoms with Gasteiger partial charge in [-0.05, 0) is 45.8 Å². The fraction of sp³-hybridized carbons (Fsp3) is 0.762. The number of ether oxygens (including phenoxy) is 1. The van der Waals surface area contributed by atoms with Crippen molar-refractivity contribution >= 4 is 17.0 Å². The Kier molecular flexibility index (Phi) is 5.77. The molecule has 29 heavy (non-hydrogen) atoms. The molecule has 8 nitrogen and oxygen atoms in total. The molecule has 0 saturated carbocycles. The van der Waals surface area contributed by atoms with Gasteiger partial charge in [-0.25, -0.2) is 15.0 Å².